The van der Waals surface area contributed by atoms with Crippen molar-refractivity contribution in [2.24, 2.45) is 0 Å². The van der Waals surface area contributed by atoms with Crippen LogP contribution in [-0.4, -0.2) is 47.9 Å². The summed E-state index contributed by atoms with van der Waals surface area (Å²) in [5.74, 6) is -0.979. The number of amides is 3. The zero-order valence-corrected chi connectivity index (χ0v) is 14.7. The molecule has 0 radical (unpaired) electrons. The van der Waals surface area contributed by atoms with Crippen molar-refractivity contribution >= 4 is 23.4 Å². The molecular formula is C20H20N2O5. The highest BCUT2D eigenvalue weighted by Gasteiger charge is 2.45. The van der Waals surface area contributed by atoms with Crippen LogP contribution in [-0.2, 0) is 14.3 Å². The molecule has 0 N–H and O–H groups in total. The Kier molecular flexibility index (Phi) is 4.77. The minimum Gasteiger partial charge on any atom is -0.459 e. The van der Waals surface area contributed by atoms with Gasteiger partial charge in [-0.25, -0.2) is 4.90 Å². The molecule has 0 aliphatic carbocycles. The lowest BCUT2D eigenvalue weighted by Gasteiger charge is -2.29. The molecule has 4 rings (SSSR count). The summed E-state index contributed by atoms with van der Waals surface area (Å²) in [6.07, 6.45) is 2.96. The summed E-state index contributed by atoms with van der Waals surface area (Å²) in [7, 11) is 0. The Morgan fingerprint density at radius 2 is 1.96 bits per heavy atom. The molecule has 7 nitrogen and oxygen atoms in total. The second kappa shape index (κ2) is 7.36. The van der Waals surface area contributed by atoms with Crippen molar-refractivity contribution in [3.05, 3.63) is 54.5 Å². The monoisotopic (exact) mass is 368 g/mol. The van der Waals surface area contributed by atoms with Crippen LogP contribution in [0.2, 0.25) is 0 Å². The van der Waals surface area contributed by atoms with E-state index < -0.39 is 17.9 Å². The van der Waals surface area contributed by atoms with Crippen LogP contribution in [0.1, 0.15) is 29.8 Å². The zero-order chi connectivity index (χ0) is 18.8. The van der Waals surface area contributed by atoms with Crippen molar-refractivity contribution in [1.82, 2.24) is 4.90 Å². The first kappa shape index (κ1) is 17.5. The van der Waals surface area contributed by atoms with Crippen LogP contribution in [0, 0.1) is 0 Å². The van der Waals surface area contributed by atoms with Crippen LogP contribution in [0.5, 0.6) is 0 Å². The molecule has 2 atom stereocenters. The van der Waals surface area contributed by atoms with Gasteiger partial charge < -0.3 is 14.1 Å². The summed E-state index contributed by atoms with van der Waals surface area (Å²) in [6, 6.07) is 11.1. The predicted octanol–water partition coefficient (Wildman–Crippen LogP) is 2.23. The van der Waals surface area contributed by atoms with E-state index in [4.69, 9.17) is 9.15 Å². The Morgan fingerprint density at radius 1 is 1.15 bits per heavy atom. The molecule has 3 amide bonds. The molecule has 7 heteroatoms. The Bertz CT molecular complexity index is 827. The number of imide groups is 1. The van der Waals surface area contributed by atoms with E-state index in [-0.39, 0.29) is 30.7 Å². The average molecular weight is 368 g/mol. The van der Waals surface area contributed by atoms with Crippen molar-refractivity contribution in [3.63, 3.8) is 0 Å². The maximum atomic E-state index is 13.0. The van der Waals surface area contributed by atoms with Crippen molar-refractivity contribution < 1.29 is 23.5 Å². The van der Waals surface area contributed by atoms with Gasteiger partial charge in [0.05, 0.1) is 24.5 Å². The number of furan rings is 1. The lowest BCUT2D eigenvalue weighted by molar-refractivity contribution is -0.122. The molecule has 0 spiro atoms. The minimum absolute atomic E-state index is 0.0487. The number of carbonyl (C=O) groups excluding carboxylic acids is 3. The molecule has 140 valence electrons. The number of nitrogens with zero attached hydrogens (tertiary/aromatic N) is 2. The Balaban J connectivity index is 1.62. The number of hydrogen-bond donors (Lipinski definition) is 0. The van der Waals surface area contributed by atoms with Gasteiger partial charge in [0.1, 0.15) is 6.04 Å². The first-order valence-electron chi connectivity index (χ1n) is 9.03. The summed E-state index contributed by atoms with van der Waals surface area (Å²) >= 11 is 0. The molecule has 2 aliphatic rings. The lowest BCUT2D eigenvalue weighted by atomic mass is 10.1. The highest BCUT2D eigenvalue weighted by atomic mass is 16.5. The number of ether oxygens (including phenoxy) is 1. The third-order valence-electron chi connectivity index (χ3n) is 4.93. The summed E-state index contributed by atoms with van der Waals surface area (Å²) in [6.45, 7) is 0.896. The van der Waals surface area contributed by atoms with Crippen LogP contribution in [0.4, 0.5) is 5.69 Å². The molecule has 2 aromatic rings. The molecule has 0 bridgehead atoms. The van der Waals surface area contributed by atoms with E-state index in [9.17, 15) is 14.4 Å². The quantitative estimate of drug-likeness (QED) is 0.756. The van der Waals surface area contributed by atoms with E-state index in [0.717, 1.165) is 17.7 Å². The minimum atomic E-state index is -0.862. The van der Waals surface area contributed by atoms with Crippen molar-refractivity contribution in [2.45, 2.75) is 31.4 Å². The normalized spacial score (nSPS) is 22.4. The van der Waals surface area contributed by atoms with E-state index in [2.05, 4.69) is 0 Å². The Morgan fingerprint density at radius 3 is 2.63 bits per heavy atom. The van der Waals surface area contributed by atoms with E-state index in [1.165, 1.54) is 11.2 Å². The number of rotatable bonds is 5. The molecule has 1 aromatic carbocycles. The fraction of sp³-hybridized carbons (Fsp3) is 0.350. The van der Waals surface area contributed by atoms with Crippen molar-refractivity contribution in [2.75, 3.05) is 18.1 Å². The highest BCUT2D eigenvalue weighted by Crippen LogP contribution is 2.27. The SMILES string of the molecule is O=C1CC(N(CC2CCCO2)C(=O)c2ccco2)C(=O)N1c1ccccc1. The van der Waals surface area contributed by atoms with Gasteiger partial charge in [-0.05, 0) is 37.1 Å². The number of hydrogen-bond acceptors (Lipinski definition) is 5. The van der Waals surface area contributed by atoms with Gasteiger partial charge in [0.15, 0.2) is 5.76 Å². The van der Waals surface area contributed by atoms with Gasteiger partial charge >= 0.3 is 0 Å². The van der Waals surface area contributed by atoms with Crippen molar-refractivity contribution in [3.8, 4) is 0 Å². The number of para-hydroxylation sites is 1. The van der Waals surface area contributed by atoms with Crippen LogP contribution in [0.25, 0.3) is 0 Å². The van der Waals surface area contributed by atoms with E-state index >= 15 is 0 Å². The summed E-state index contributed by atoms with van der Waals surface area (Å²) in [4.78, 5) is 41.2. The van der Waals surface area contributed by atoms with Gasteiger partial charge in [-0.2, -0.15) is 0 Å². The first-order valence-corrected chi connectivity index (χ1v) is 9.03. The summed E-state index contributed by atoms with van der Waals surface area (Å²) < 4.78 is 10.9. The number of anilines is 1. The van der Waals surface area contributed by atoms with Crippen LogP contribution in [0.15, 0.2) is 53.1 Å². The van der Waals surface area contributed by atoms with Crippen LogP contribution >= 0.6 is 0 Å². The molecule has 2 unspecified atom stereocenters. The number of carbonyl (C=O) groups is 3. The molecule has 2 saturated heterocycles. The van der Waals surface area contributed by atoms with Gasteiger partial charge in [-0.3, -0.25) is 14.4 Å². The summed E-state index contributed by atoms with van der Waals surface area (Å²) in [5.41, 5.74) is 0.512. The lowest BCUT2D eigenvalue weighted by Crippen LogP contribution is -2.48. The molecule has 27 heavy (non-hydrogen) atoms. The maximum Gasteiger partial charge on any atom is 0.290 e. The second-order valence-electron chi connectivity index (χ2n) is 6.69. The summed E-state index contributed by atoms with van der Waals surface area (Å²) in [5, 5.41) is 0. The first-order chi connectivity index (χ1) is 13.1. The van der Waals surface area contributed by atoms with Gasteiger partial charge in [0, 0.05) is 13.2 Å². The van der Waals surface area contributed by atoms with E-state index in [1.807, 2.05) is 6.07 Å². The smallest absolute Gasteiger partial charge is 0.290 e. The number of benzene rings is 1. The fourth-order valence-electron chi connectivity index (χ4n) is 3.61. The van der Waals surface area contributed by atoms with Gasteiger partial charge in [-0.15, -0.1) is 0 Å². The Labute approximate surface area is 156 Å². The van der Waals surface area contributed by atoms with Gasteiger partial charge in [0.25, 0.3) is 11.8 Å². The molecule has 0 saturated carbocycles. The average Bonchev–Trinajstić information content (AvgIpc) is 3.42. The predicted molar refractivity (Wildman–Crippen MR) is 96.1 cm³/mol. The Hall–Kier alpha value is -2.93. The van der Waals surface area contributed by atoms with Gasteiger partial charge in [0.2, 0.25) is 5.91 Å². The maximum absolute atomic E-state index is 13.0. The molecule has 1 aromatic heterocycles. The van der Waals surface area contributed by atoms with Crippen LogP contribution < -0.4 is 4.90 Å². The van der Waals surface area contributed by atoms with E-state index in [0.29, 0.717) is 12.3 Å². The molecule has 2 aliphatic heterocycles. The standard InChI is InChI=1S/C20H20N2O5/c23-18-12-16(19(24)22(18)14-6-2-1-3-7-14)21(13-15-8-4-10-26-15)20(25)17-9-5-11-27-17/h1-3,5-7,9,11,15-16H,4,8,10,12-13H2. The largest absolute Gasteiger partial charge is 0.459 e. The second-order valence-corrected chi connectivity index (χ2v) is 6.69. The fourth-order valence-corrected chi connectivity index (χ4v) is 3.61. The van der Waals surface area contributed by atoms with Crippen molar-refractivity contribution in [1.29, 1.82) is 0 Å². The molecular weight excluding hydrogens is 348 g/mol. The molecule has 2 fully saturated rings. The molecule has 3 heterocycles. The zero-order valence-electron chi connectivity index (χ0n) is 14.7. The topological polar surface area (TPSA) is 80.1 Å². The third-order valence-corrected chi connectivity index (χ3v) is 4.93. The highest BCUT2D eigenvalue weighted by molar-refractivity contribution is 6.23. The van der Waals surface area contributed by atoms with E-state index in [1.54, 1.807) is 36.4 Å². The third kappa shape index (κ3) is 3.38. The van der Waals surface area contributed by atoms with Crippen LogP contribution in [0.3, 0.4) is 0 Å². The van der Waals surface area contributed by atoms with Gasteiger partial charge in [-0.1, -0.05) is 18.2 Å².